The van der Waals surface area contributed by atoms with Crippen LogP contribution in [0.4, 0.5) is 0 Å². The molecule has 0 saturated heterocycles. The Morgan fingerprint density at radius 3 is 2.64 bits per heavy atom. The molecule has 3 heterocycles. The molecule has 1 aromatic heterocycles. The number of nitrogens with zero attached hydrogens (tertiary/aromatic N) is 1. The predicted molar refractivity (Wildman–Crippen MR) is 102 cm³/mol. The fourth-order valence-corrected chi connectivity index (χ4v) is 4.02. The van der Waals surface area contributed by atoms with Gasteiger partial charge in [0.25, 0.3) is 0 Å². The first kappa shape index (κ1) is 16.9. The molecular weight excluding hydrogens is 358 g/mol. The van der Waals surface area contributed by atoms with Crippen LogP contribution in [-0.4, -0.2) is 24.9 Å². The number of hydrogen-bond acceptors (Lipinski definition) is 6. The molecule has 0 radical (unpaired) electrons. The molecule has 3 aromatic rings. The van der Waals surface area contributed by atoms with Gasteiger partial charge in [0, 0.05) is 28.5 Å². The summed E-state index contributed by atoms with van der Waals surface area (Å²) in [7, 11) is 1.40. The number of ether oxygens (including phenoxy) is 4. The molecule has 2 aliphatic heterocycles. The number of pyridine rings is 1. The minimum absolute atomic E-state index is 0.174. The van der Waals surface area contributed by atoms with Gasteiger partial charge in [-0.15, -0.1) is 0 Å². The molecule has 2 aliphatic rings. The van der Waals surface area contributed by atoms with Crippen LogP contribution in [0.2, 0.25) is 0 Å². The second kappa shape index (κ2) is 6.12. The summed E-state index contributed by atoms with van der Waals surface area (Å²) in [6.45, 7) is 4.27. The molecular formula is C22H19NO5. The van der Waals surface area contributed by atoms with Gasteiger partial charge >= 0.3 is 5.97 Å². The molecule has 0 unspecified atom stereocenters. The van der Waals surface area contributed by atoms with Crippen molar-refractivity contribution in [3.8, 4) is 23.1 Å². The maximum absolute atomic E-state index is 12.2. The van der Waals surface area contributed by atoms with Gasteiger partial charge in [0.1, 0.15) is 5.75 Å². The molecule has 6 heteroatoms. The van der Waals surface area contributed by atoms with Crippen LogP contribution in [0.5, 0.6) is 23.1 Å². The summed E-state index contributed by atoms with van der Waals surface area (Å²) in [5.74, 6) is 1.90. The molecule has 0 amide bonds. The number of hydrogen-bond donors (Lipinski definition) is 0. The van der Waals surface area contributed by atoms with Gasteiger partial charge in [-0.1, -0.05) is 11.6 Å². The molecule has 0 fully saturated rings. The zero-order chi connectivity index (χ0) is 19.4. The molecule has 0 aliphatic carbocycles. The first-order valence-corrected chi connectivity index (χ1v) is 9.13. The molecule has 6 nitrogen and oxygen atoms in total. The van der Waals surface area contributed by atoms with Gasteiger partial charge < -0.3 is 18.9 Å². The quantitative estimate of drug-likeness (QED) is 0.618. The third-order valence-electron chi connectivity index (χ3n) is 5.31. The highest BCUT2D eigenvalue weighted by atomic mass is 16.7. The zero-order valence-corrected chi connectivity index (χ0v) is 15.9. The SMILES string of the molecule is COC(=O)C[C@H]1c2cc3c(cc2Oc2nc4c(C)cc(C)cc4cc21)OCO3. The third kappa shape index (κ3) is 2.56. The number of benzene rings is 2. The summed E-state index contributed by atoms with van der Waals surface area (Å²) < 4.78 is 22.1. The topological polar surface area (TPSA) is 66.9 Å². The van der Waals surface area contributed by atoms with Crippen molar-refractivity contribution in [1.82, 2.24) is 4.98 Å². The second-order valence-electron chi connectivity index (χ2n) is 7.21. The van der Waals surface area contributed by atoms with E-state index in [4.69, 9.17) is 23.9 Å². The number of carbonyl (C=O) groups is 1. The van der Waals surface area contributed by atoms with Crippen LogP contribution in [0.15, 0.2) is 30.3 Å². The van der Waals surface area contributed by atoms with Gasteiger partial charge in [0.05, 0.1) is 19.0 Å². The van der Waals surface area contributed by atoms with E-state index in [2.05, 4.69) is 25.1 Å². The lowest BCUT2D eigenvalue weighted by Gasteiger charge is -2.27. The average molecular weight is 377 g/mol. The Hall–Kier alpha value is -3.28. The van der Waals surface area contributed by atoms with Gasteiger partial charge in [0.15, 0.2) is 11.5 Å². The lowest BCUT2D eigenvalue weighted by molar-refractivity contribution is -0.140. The monoisotopic (exact) mass is 377 g/mol. The number of aromatic nitrogens is 1. The summed E-state index contributed by atoms with van der Waals surface area (Å²) in [5.41, 5.74) is 4.88. The smallest absolute Gasteiger partial charge is 0.306 e. The minimum Gasteiger partial charge on any atom is -0.469 e. The largest absolute Gasteiger partial charge is 0.469 e. The van der Waals surface area contributed by atoms with E-state index < -0.39 is 0 Å². The third-order valence-corrected chi connectivity index (χ3v) is 5.31. The van der Waals surface area contributed by atoms with Gasteiger partial charge in [-0.2, -0.15) is 0 Å². The first-order valence-electron chi connectivity index (χ1n) is 9.13. The Morgan fingerprint density at radius 2 is 1.86 bits per heavy atom. The van der Waals surface area contributed by atoms with E-state index in [9.17, 15) is 4.79 Å². The van der Waals surface area contributed by atoms with Gasteiger partial charge in [0.2, 0.25) is 12.7 Å². The molecule has 5 rings (SSSR count). The Bertz CT molecular complexity index is 1140. The van der Waals surface area contributed by atoms with Crippen LogP contribution in [-0.2, 0) is 9.53 Å². The summed E-state index contributed by atoms with van der Waals surface area (Å²) >= 11 is 0. The highest BCUT2D eigenvalue weighted by Crippen LogP contribution is 2.50. The second-order valence-corrected chi connectivity index (χ2v) is 7.21. The van der Waals surface area contributed by atoms with Crippen molar-refractivity contribution in [1.29, 1.82) is 0 Å². The summed E-state index contributed by atoms with van der Waals surface area (Å²) in [6.07, 6.45) is 0.192. The lowest BCUT2D eigenvalue weighted by atomic mass is 9.85. The van der Waals surface area contributed by atoms with Crippen molar-refractivity contribution >= 4 is 16.9 Å². The molecule has 0 spiro atoms. The Kier molecular flexibility index (Phi) is 3.69. The van der Waals surface area contributed by atoms with Crippen LogP contribution in [0.3, 0.4) is 0 Å². The van der Waals surface area contributed by atoms with Crippen molar-refractivity contribution in [3.05, 3.63) is 52.6 Å². The molecule has 2 aromatic carbocycles. The number of methoxy groups -OCH3 is 1. The molecule has 0 saturated carbocycles. The molecule has 0 bridgehead atoms. The maximum atomic E-state index is 12.2. The number of fused-ring (bicyclic) bond motifs is 4. The Morgan fingerprint density at radius 1 is 1.07 bits per heavy atom. The van der Waals surface area contributed by atoms with Crippen molar-refractivity contribution in [2.24, 2.45) is 0 Å². The maximum Gasteiger partial charge on any atom is 0.306 e. The number of carbonyl (C=O) groups excluding carboxylic acids is 1. The van der Waals surface area contributed by atoms with E-state index in [0.717, 1.165) is 33.2 Å². The van der Waals surface area contributed by atoms with Crippen LogP contribution in [0.25, 0.3) is 10.9 Å². The Balaban J connectivity index is 1.73. The lowest BCUT2D eigenvalue weighted by Crippen LogP contribution is -2.16. The van der Waals surface area contributed by atoms with Crippen molar-refractivity contribution in [2.75, 3.05) is 13.9 Å². The van der Waals surface area contributed by atoms with E-state index in [-0.39, 0.29) is 25.1 Å². The fraction of sp³-hybridized carbons (Fsp3) is 0.273. The van der Waals surface area contributed by atoms with Crippen molar-refractivity contribution < 1.29 is 23.7 Å². The average Bonchev–Trinajstić information content (AvgIpc) is 3.12. The van der Waals surface area contributed by atoms with Crippen molar-refractivity contribution in [3.63, 3.8) is 0 Å². The number of rotatable bonds is 2. The van der Waals surface area contributed by atoms with E-state index in [0.29, 0.717) is 23.1 Å². The van der Waals surface area contributed by atoms with E-state index in [1.54, 1.807) is 6.07 Å². The van der Waals surface area contributed by atoms with Gasteiger partial charge in [-0.05, 0) is 37.6 Å². The molecule has 142 valence electrons. The molecule has 1 atom stereocenters. The molecule has 28 heavy (non-hydrogen) atoms. The van der Waals surface area contributed by atoms with Crippen LogP contribution < -0.4 is 14.2 Å². The normalized spacial score (nSPS) is 16.3. The zero-order valence-electron chi connectivity index (χ0n) is 15.9. The van der Waals surface area contributed by atoms with Gasteiger partial charge in [-0.3, -0.25) is 4.79 Å². The summed E-state index contributed by atoms with van der Waals surface area (Å²) in [4.78, 5) is 17.0. The summed E-state index contributed by atoms with van der Waals surface area (Å²) in [6, 6.07) is 9.96. The van der Waals surface area contributed by atoms with E-state index in [1.807, 2.05) is 13.0 Å². The number of aryl methyl sites for hydroxylation is 2. The van der Waals surface area contributed by atoms with Crippen LogP contribution >= 0.6 is 0 Å². The highest BCUT2D eigenvalue weighted by molar-refractivity contribution is 5.85. The van der Waals surface area contributed by atoms with E-state index >= 15 is 0 Å². The minimum atomic E-state index is -0.290. The van der Waals surface area contributed by atoms with Crippen LogP contribution in [0.1, 0.15) is 34.6 Å². The standard InChI is InChI=1S/C22H19NO5/c1-11-4-12(2)21-13(5-11)6-16-14(8-20(24)25-3)15-7-18-19(27-10-26-18)9-17(15)28-22(16)23-21/h4-7,9,14H,8,10H2,1-3H3/t14-/m0/s1. The van der Waals surface area contributed by atoms with E-state index in [1.165, 1.54) is 7.11 Å². The highest BCUT2D eigenvalue weighted by Gasteiger charge is 2.33. The van der Waals surface area contributed by atoms with Crippen LogP contribution in [0, 0.1) is 13.8 Å². The summed E-state index contributed by atoms with van der Waals surface area (Å²) in [5, 5.41) is 1.03. The number of esters is 1. The van der Waals surface area contributed by atoms with Crippen molar-refractivity contribution in [2.45, 2.75) is 26.2 Å². The first-order chi connectivity index (χ1) is 13.5. The predicted octanol–water partition coefficient (Wildman–Crippen LogP) is 4.38. The Labute approximate surface area is 162 Å². The fourth-order valence-electron chi connectivity index (χ4n) is 4.02. The molecule has 0 N–H and O–H groups in total. The van der Waals surface area contributed by atoms with Gasteiger partial charge in [-0.25, -0.2) is 4.98 Å².